The first kappa shape index (κ1) is 13.3. The zero-order valence-electron chi connectivity index (χ0n) is 11.2. The molecular formula is C14H16ClN3O2. The maximum absolute atomic E-state index is 6.16. The van der Waals surface area contributed by atoms with E-state index in [1.165, 1.54) is 0 Å². The molecule has 1 aromatic carbocycles. The van der Waals surface area contributed by atoms with Crippen molar-refractivity contribution in [1.29, 1.82) is 0 Å². The lowest BCUT2D eigenvalue weighted by Crippen LogP contribution is -2.29. The predicted octanol–water partition coefficient (Wildman–Crippen LogP) is 2.44. The van der Waals surface area contributed by atoms with Gasteiger partial charge in [-0.1, -0.05) is 11.6 Å². The molecule has 1 aliphatic heterocycles. The number of nitrogens with zero attached hydrogens (tertiary/aromatic N) is 2. The van der Waals surface area contributed by atoms with E-state index in [0.717, 1.165) is 24.4 Å². The largest absolute Gasteiger partial charge is 0.454 e. The van der Waals surface area contributed by atoms with Crippen LogP contribution in [0.5, 0.6) is 11.5 Å². The highest BCUT2D eigenvalue weighted by Gasteiger charge is 2.18. The van der Waals surface area contributed by atoms with Crippen molar-refractivity contribution in [3.63, 3.8) is 0 Å². The zero-order valence-corrected chi connectivity index (χ0v) is 11.9. The summed E-state index contributed by atoms with van der Waals surface area (Å²) in [5, 5.41) is 4.05. The van der Waals surface area contributed by atoms with Gasteiger partial charge in [-0.3, -0.25) is 0 Å². The Labute approximate surface area is 122 Å². The monoisotopic (exact) mass is 293 g/mol. The molecule has 0 spiro atoms. The topological polar surface area (TPSA) is 48.3 Å². The number of aromatic nitrogens is 2. The minimum absolute atomic E-state index is 0.239. The van der Waals surface area contributed by atoms with Crippen LogP contribution in [-0.4, -0.2) is 22.4 Å². The van der Waals surface area contributed by atoms with Crippen molar-refractivity contribution in [2.45, 2.75) is 26.1 Å². The van der Waals surface area contributed by atoms with Gasteiger partial charge in [0.15, 0.2) is 11.5 Å². The number of halogens is 1. The van der Waals surface area contributed by atoms with Gasteiger partial charge in [0, 0.05) is 31.5 Å². The van der Waals surface area contributed by atoms with Gasteiger partial charge in [-0.15, -0.1) is 0 Å². The van der Waals surface area contributed by atoms with Crippen molar-refractivity contribution in [3.8, 4) is 11.5 Å². The lowest BCUT2D eigenvalue weighted by atomic mass is 10.2. The molecule has 0 saturated heterocycles. The molecule has 0 saturated carbocycles. The third kappa shape index (κ3) is 2.89. The quantitative estimate of drug-likeness (QED) is 0.920. The Morgan fingerprint density at radius 1 is 1.45 bits per heavy atom. The smallest absolute Gasteiger partial charge is 0.231 e. The van der Waals surface area contributed by atoms with Crippen LogP contribution in [0.3, 0.4) is 0 Å². The number of hydrogen-bond acceptors (Lipinski definition) is 4. The van der Waals surface area contributed by atoms with Crippen LogP contribution in [0.1, 0.15) is 12.5 Å². The van der Waals surface area contributed by atoms with E-state index < -0.39 is 0 Å². The number of hydrogen-bond donors (Lipinski definition) is 1. The molecule has 0 aliphatic carbocycles. The van der Waals surface area contributed by atoms with Crippen LogP contribution < -0.4 is 14.8 Å². The van der Waals surface area contributed by atoms with Gasteiger partial charge in [0.05, 0.1) is 11.3 Å². The summed E-state index contributed by atoms with van der Waals surface area (Å²) in [7, 11) is 0. The molecule has 1 aliphatic rings. The van der Waals surface area contributed by atoms with Crippen molar-refractivity contribution >= 4 is 11.6 Å². The highest BCUT2D eigenvalue weighted by Crippen LogP contribution is 2.39. The zero-order chi connectivity index (χ0) is 13.9. The van der Waals surface area contributed by atoms with Crippen molar-refractivity contribution in [2.24, 2.45) is 0 Å². The Balaban J connectivity index is 1.59. The van der Waals surface area contributed by atoms with Crippen molar-refractivity contribution in [2.75, 3.05) is 6.79 Å². The van der Waals surface area contributed by atoms with E-state index in [2.05, 4.69) is 17.2 Å². The van der Waals surface area contributed by atoms with E-state index in [9.17, 15) is 0 Å². The van der Waals surface area contributed by atoms with Crippen molar-refractivity contribution in [3.05, 3.63) is 41.4 Å². The summed E-state index contributed by atoms with van der Waals surface area (Å²) in [5.41, 5.74) is 1.08. The molecule has 0 bridgehead atoms. The average Bonchev–Trinajstić information content (AvgIpc) is 3.07. The SMILES string of the molecule is CC(Cn1ccnc1)NCc1cc(Cl)c2c(c1)OCO2. The summed E-state index contributed by atoms with van der Waals surface area (Å²) < 4.78 is 12.7. The van der Waals surface area contributed by atoms with E-state index in [-0.39, 0.29) is 6.79 Å². The Hall–Kier alpha value is -1.72. The van der Waals surface area contributed by atoms with Crippen LogP contribution in [0.15, 0.2) is 30.9 Å². The van der Waals surface area contributed by atoms with Gasteiger partial charge in [-0.25, -0.2) is 4.98 Å². The molecular weight excluding hydrogens is 278 g/mol. The first-order valence-electron chi connectivity index (χ1n) is 6.49. The van der Waals surface area contributed by atoms with Gasteiger partial charge in [0.1, 0.15) is 0 Å². The molecule has 2 heterocycles. The fraction of sp³-hybridized carbons (Fsp3) is 0.357. The van der Waals surface area contributed by atoms with Crippen molar-refractivity contribution < 1.29 is 9.47 Å². The van der Waals surface area contributed by atoms with E-state index >= 15 is 0 Å². The molecule has 1 atom stereocenters. The molecule has 0 radical (unpaired) electrons. The van der Waals surface area contributed by atoms with Gasteiger partial charge < -0.3 is 19.4 Å². The van der Waals surface area contributed by atoms with Crippen molar-refractivity contribution in [1.82, 2.24) is 14.9 Å². The van der Waals surface area contributed by atoms with E-state index in [1.807, 2.05) is 29.2 Å². The van der Waals surface area contributed by atoms with Crippen LogP contribution >= 0.6 is 11.6 Å². The lowest BCUT2D eigenvalue weighted by molar-refractivity contribution is 0.174. The number of fused-ring (bicyclic) bond motifs is 1. The Morgan fingerprint density at radius 2 is 2.35 bits per heavy atom. The number of nitrogens with one attached hydrogen (secondary N) is 1. The van der Waals surface area contributed by atoms with Gasteiger partial charge in [0.25, 0.3) is 0 Å². The normalized spacial score (nSPS) is 14.5. The number of benzene rings is 1. The molecule has 2 aromatic rings. The summed E-state index contributed by atoms with van der Waals surface area (Å²) in [5.74, 6) is 1.36. The highest BCUT2D eigenvalue weighted by molar-refractivity contribution is 6.32. The minimum atomic E-state index is 0.239. The molecule has 20 heavy (non-hydrogen) atoms. The molecule has 0 amide bonds. The summed E-state index contributed by atoms with van der Waals surface area (Å²) >= 11 is 6.16. The van der Waals surface area contributed by atoms with Crippen LogP contribution in [0.4, 0.5) is 0 Å². The van der Waals surface area contributed by atoms with E-state index in [0.29, 0.717) is 16.8 Å². The second kappa shape index (κ2) is 5.73. The molecule has 5 nitrogen and oxygen atoms in total. The number of rotatable bonds is 5. The van der Waals surface area contributed by atoms with Gasteiger partial charge in [0.2, 0.25) is 6.79 Å². The van der Waals surface area contributed by atoms with E-state index in [1.54, 1.807) is 6.20 Å². The Morgan fingerprint density at radius 3 is 3.15 bits per heavy atom. The predicted molar refractivity (Wildman–Crippen MR) is 76.1 cm³/mol. The average molecular weight is 294 g/mol. The molecule has 1 unspecified atom stereocenters. The number of imidazole rings is 1. The van der Waals surface area contributed by atoms with Crippen LogP contribution in [0.25, 0.3) is 0 Å². The third-order valence-electron chi connectivity index (χ3n) is 3.19. The standard InChI is InChI=1S/C14H16ClN3O2/c1-10(7-18-3-2-16-8-18)17-6-11-4-12(15)14-13(5-11)19-9-20-14/h2-5,8,10,17H,6-7,9H2,1H3. The molecule has 1 aromatic heterocycles. The summed E-state index contributed by atoms with van der Waals surface area (Å²) in [4.78, 5) is 4.03. The maximum atomic E-state index is 6.16. The molecule has 1 N–H and O–H groups in total. The third-order valence-corrected chi connectivity index (χ3v) is 3.47. The second-order valence-corrected chi connectivity index (χ2v) is 5.26. The summed E-state index contributed by atoms with van der Waals surface area (Å²) in [6, 6.07) is 4.20. The van der Waals surface area contributed by atoms with E-state index in [4.69, 9.17) is 21.1 Å². The van der Waals surface area contributed by atoms with Gasteiger partial charge >= 0.3 is 0 Å². The van der Waals surface area contributed by atoms with Crippen LogP contribution in [0.2, 0.25) is 5.02 Å². The highest BCUT2D eigenvalue weighted by atomic mass is 35.5. The second-order valence-electron chi connectivity index (χ2n) is 4.85. The fourth-order valence-corrected chi connectivity index (χ4v) is 2.48. The molecule has 0 fully saturated rings. The first-order chi connectivity index (χ1) is 9.72. The first-order valence-corrected chi connectivity index (χ1v) is 6.87. The van der Waals surface area contributed by atoms with Crippen LogP contribution in [0, 0.1) is 0 Å². The number of ether oxygens (including phenoxy) is 2. The molecule has 3 rings (SSSR count). The summed E-state index contributed by atoms with van der Waals surface area (Å²) in [6.07, 6.45) is 5.55. The van der Waals surface area contributed by atoms with Crippen LogP contribution in [-0.2, 0) is 13.1 Å². The molecule has 106 valence electrons. The van der Waals surface area contributed by atoms with Gasteiger partial charge in [-0.2, -0.15) is 0 Å². The molecule has 6 heteroatoms. The maximum Gasteiger partial charge on any atom is 0.231 e. The minimum Gasteiger partial charge on any atom is -0.454 e. The Kier molecular flexibility index (Phi) is 3.80. The fourth-order valence-electron chi connectivity index (χ4n) is 2.19. The summed E-state index contributed by atoms with van der Waals surface area (Å²) in [6.45, 7) is 3.97. The lowest BCUT2D eigenvalue weighted by Gasteiger charge is -2.14. The van der Waals surface area contributed by atoms with Gasteiger partial charge in [-0.05, 0) is 24.6 Å². The Bertz CT molecular complexity index is 586.